The molecule has 4 aromatic rings. The summed E-state index contributed by atoms with van der Waals surface area (Å²) in [4.78, 5) is 33.3. The summed E-state index contributed by atoms with van der Waals surface area (Å²) in [5.41, 5.74) is 4.65. The molecular formula is C35H33ClN2O3. The molecule has 6 heteroatoms. The molecule has 2 aliphatic rings. The molecule has 5 nitrogen and oxygen atoms in total. The summed E-state index contributed by atoms with van der Waals surface area (Å²) in [5, 5.41) is 10.3. The van der Waals surface area contributed by atoms with Crippen molar-refractivity contribution in [3.8, 4) is 0 Å². The Balaban J connectivity index is 1.65. The molecule has 0 aromatic heterocycles. The van der Waals surface area contributed by atoms with Gasteiger partial charge in [-0.05, 0) is 58.4 Å². The van der Waals surface area contributed by atoms with Gasteiger partial charge in [-0.1, -0.05) is 104 Å². The van der Waals surface area contributed by atoms with Gasteiger partial charge in [-0.3, -0.25) is 9.59 Å². The fraction of sp³-hybridized carbons (Fsp3) is 0.257. The molecule has 2 heterocycles. The molecule has 2 amide bonds. The Morgan fingerprint density at radius 3 is 2.32 bits per heavy atom. The lowest BCUT2D eigenvalue weighted by molar-refractivity contribution is -0.128. The number of aliphatic hydroxyl groups excluding tert-OH is 1. The van der Waals surface area contributed by atoms with Gasteiger partial charge in [-0.15, -0.1) is 0 Å². The van der Waals surface area contributed by atoms with E-state index in [2.05, 4.69) is 19.9 Å². The topological polar surface area (TPSA) is 60.9 Å². The summed E-state index contributed by atoms with van der Waals surface area (Å²) in [7, 11) is 0. The van der Waals surface area contributed by atoms with Gasteiger partial charge in [0.1, 0.15) is 5.41 Å². The quantitative estimate of drug-likeness (QED) is 0.283. The highest BCUT2D eigenvalue weighted by Gasteiger charge is 2.59. The molecule has 2 atom stereocenters. The summed E-state index contributed by atoms with van der Waals surface area (Å²) in [6.07, 6.45) is 0.451. The first-order valence-electron chi connectivity index (χ1n) is 14.1. The fourth-order valence-electron chi connectivity index (χ4n) is 6.61. The Hall–Kier alpha value is -3.93. The van der Waals surface area contributed by atoms with Crippen LogP contribution in [-0.4, -0.2) is 28.4 Å². The predicted molar refractivity (Wildman–Crippen MR) is 162 cm³/mol. The van der Waals surface area contributed by atoms with E-state index in [1.807, 2.05) is 101 Å². The first kappa shape index (κ1) is 27.3. The number of amides is 2. The monoisotopic (exact) mass is 564 g/mol. The second-order valence-corrected chi connectivity index (χ2v) is 11.9. The van der Waals surface area contributed by atoms with Crippen molar-refractivity contribution in [3.05, 3.63) is 135 Å². The van der Waals surface area contributed by atoms with Gasteiger partial charge >= 0.3 is 0 Å². The summed E-state index contributed by atoms with van der Waals surface area (Å²) >= 11 is 6.64. The van der Waals surface area contributed by atoms with Crippen molar-refractivity contribution in [2.75, 3.05) is 11.4 Å². The molecule has 41 heavy (non-hydrogen) atoms. The number of nitrogens with zero attached hydrogens (tertiary/aromatic N) is 2. The van der Waals surface area contributed by atoms with Crippen LogP contribution in [0, 0.1) is 5.92 Å². The lowest BCUT2D eigenvalue weighted by atomic mass is 9.61. The third kappa shape index (κ3) is 4.54. The van der Waals surface area contributed by atoms with Crippen LogP contribution >= 0.6 is 11.6 Å². The number of hydrogen-bond acceptors (Lipinski definition) is 3. The van der Waals surface area contributed by atoms with Gasteiger partial charge < -0.3 is 14.9 Å². The number of carbonyl (C=O) groups excluding carboxylic acids is 2. The van der Waals surface area contributed by atoms with Crippen LogP contribution in [-0.2, 0) is 29.8 Å². The van der Waals surface area contributed by atoms with Crippen molar-refractivity contribution in [2.45, 2.75) is 44.9 Å². The van der Waals surface area contributed by atoms with Crippen molar-refractivity contribution >= 4 is 29.1 Å². The van der Waals surface area contributed by atoms with Crippen molar-refractivity contribution in [3.63, 3.8) is 0 Å². The van der Waals surface area contributed by atoms with Crippen LogP contribution < -0.4 is 4.90 Å². The van der Waals surface area contributed by atoms with Gasteiger partial charge in [0.25, 0.3) is 5.91 Å². The molecular weight excluding hydrogens is 532 g/mol. The molecule has 0 fully saturated rings. The maximum absolute atomic E-state index is 15.2. The van der Waals surface area contributed by atoms with Gasteiger partial charge in [-0.2, -0.15) is 0 Å². The van der Waals surface area contributed by atoms with Crippen LogP contribution in [0.1, 0.15) is 58.1 Å². The van der Waals surface area contributed by atoms with E-state index >= 15 is 4.79 Å². The molecule has 2 aliphatic heterocycles. The van der Waals surface area contributed by atoms with Crippen LogP contribution in [0.25, 0.3) is 0 Å². The van der Waals surface area contributed by atoms with E-state index < -0.39 is 11.5 Å². The van der Waals surface area contributed by atoms with Crippen LogP contribution in [0.15, 0.2) is 97.1 Å². The average molecular weight is 565 g/mol. The number of anilines is 1. The minimum absolute atomic E-state index is 0.00903. The van der Waals surface area contributed by atoms with Crippen LogP contribution in [0.2, 0.25) is 5.02 Å². The number of halogens is 1. The molecule has 6 rings (SSSR count). The van der Waals surface area contributed by atoms with Crippen LogP contribution in [0.3, 0.4) is 0 Å². The zero-order valence-electron chi connectivity index (χ0n) is 23.3. The number of hydrogen-bond donors (Lipinski definition) is 1. The zero-order chi connectivity index (χ0) is 28.7. The Kier molecular flexibility index (Phi) is 7.18. The molecule has 1 N–H and O–H groups in total. The number of benzene rings is 4. The molecule has 0 aliphatic carbocycles. The molecule has 208 valence electrons. The largest absolute Gasteiger partial charge is 0.392 e. The fourth-order valence-corrected chi connectivity index (χ4v) is 6.80. The molecule has 1 spiro atoms. The Morgan fingerprint density at radius 1 is 0.902 bits per heavy atom. The lowest BCUT2D eigenvalue weighted by Crippen LogP contribution is -2.62. The number of aliphatic hydroxyl groups is 1. The minimum atomic E-state index is -1.07. The van der Waals surface area contributed by atoms with E-state index in [-0.39, 0.29) is 30.9 Å². The molecule has 0 unspecified atom stereocenters. The number of para-hydroxylation sites is 1. The van der Waals surface area contributed by atoms with Crippen molar-refractivity contribution in [1.29, 1.82) is 0 Å². The molecule has 0 saturated carbocycles. The van der Waals surface area contributed by atoms with Crippen LogP contribution in [0.4, 0.5) is 5.69 Å². The predicted octanol–water partition coefficient (Wildman–Crippen LogP) is 6.71. The highest BCUT2D eigenvalue weighted by molar-refractivity contribution is 6.31. The minimum Gasteiger partial charge on any atom is -0.392 e. The second kappa shape index (κ2) is 10.8. The van der Waals surface area contributed by atoms with Gasteiger partial charge in [0.2, 0.25) is 5.91 Å². The average Bonchev–Trinajstić information content (AvgIpc) is 2.99. The lowest BCUT2D eigenvalue weighted by Gasteiger charge is -2.54. The summed E-state index contributed by atoms with van der Waals surface area (Å²) in [6.45, 7) is 4.96. The van der Waals surface area contributed by atoms with Gasteiger partial charge in [0.05, 0.1) is 12.6 Å². The van der Waals surface area contributed by atoms with E-state index in [1.54, 1.807) is 0 Å². The van der Waals surface area contributed by atoms with E-state index in [0.717, 1.165) is 33.5 Å². The van der Waals surface area contributed by atoms with Gasteiger partial charge in [0.15, 0.2) is 0 Å². The maximum atomic E-state index is 15.2. The number of fused-ring (bicyclic) bond motifs is 3. The van der Waals surface area contributed by atoms with E-state index in [1.165, 1.54) is 0 Å². The van der Waals surface area contributed by atoms with Crippen molar-refractivity contribution < 1.29 is 14.7 Å². The summed E-state index contributed by atoms with van der Waals surface area (Å²) in [6, 6.07) is 30.2. The SMILES string of the molecule is CC(C)CN1C(=O)[C@@]2(Cc3ccccc31)c1ccccc1C(=O)N(Cc1ccccc1Cl)[C@H]2c1ccc(CO)cc1. The molecule has 0 radical (unpaired) electrons. The Morgan fingerprint density at radius 2 is 1.59 bits per heavy atom. The first-order chi connectivity index (χ1) is 19.8. The van der Waals surface area contributed by atoms with Crippen molar-refractivity contribution in [2.24, 2.45) is 5.92 Å². The Bertz CT molecular complexity index is 1620. The normalized spacial score (nSPS) is 20.0. The third-order valence-corrected chi connectivity index (χ3v) is 8.75. The zero-order valence-corrected chi connectivity index (χ0v) is 24.0. The van der Waals surface area contributed by atoms with Crippen molar-refractivity contribution in [1.82, 2.24) is 4.90 Å². The third-order valence-electron chi connectivity index (χ3n) is 8.38. The smallest absolute Gasteiger partial charge is 0.255 e. The highest BCUT2D eigenvalue weighted by atomic mass is 35.5. The molecule has 4 aromatic carbocycles. The van der Waals surface area contributed by atoms with E-state index in [4.69, 9.17) is 11.6 Å². The summed E-state index contributed by atoms with van der Waals surface area (Å²) < 4.78 is 0. The van der Waals surface area contributed by atoms with Gasteiger partial charge in [-0.25, -0.2) is 0 Å². The first-order valence-corrected chi connectivity index (χ1v) is 14.5. The molecule has 0 saturated heterocycles. The number of carbonyl (C=O) groups is 2. The highest BCUT2D eigenvalue weighted by Crippen LogP contribution is 2.54. The summed E-state index contributed by atoms with van der Waals surface area (Å²) in [5.74, 6) is 0.0961. The molecule has 0 bridgehead atoms. The van der Waals surface area contributed by atoms with E-state index in [9.17, 15) is 9.90 Å². The van der Waals surface area contributed by atoms with E-state index in [0.29, 0.717) is 23.6 Å². The van der Waals surface area contributed by atoms with Gasteiger partial charge in [0, 0.05) is 29.4 Å². The van der Waals surface area contributed by atoms with Crippen LogP contribution in [0.5, 0.6) is 0 Å². The standard InChI is InChI=1S/C35H33ClN2O3/c1-23(2)20-37-31-14-8-4-9-26(31)19-35(34(37)41)29-12-6-5-11-28(29)33(40)38(21-27-10-3-7-13-30(27)36)32(35)25-17-15-24(22-39)16-18-25/h3-18,23,32,39H,19-22H2,1-2H3/t32-,35-/m0/s1. The number of rotatable bonds is 6. The maximum Gasteiger partial charge on any atom is 0.255 e. The second-order valence-electron chi connectivity index (χ2n) is 11.5. The Labute approximate surface area is 246 Å².